The Balaban J connectivity index is 1.58. The van der Waals surface area contributed by atoms with Crippen molar-refractivity contribution in [3.63, 3.8) is 0 Å². The van der Waals surface area contributed by atoms with E-state index in [0.717, 1.165) is 27.1 Å². The van der Waals surface area contributed by atoms with Crippen LogP contribution in [0.25, 0.3) is 0 Å². The minimum absolute atomic E-state index is 0.0698. The fourth-order valence-corrected chi connectivity index (χ4v) is 4.30. The fraction of sp³-hybridized carbons (Fsp3) is 0.130. The Hall–Kier alpha value is -2.63. The Kier molecular flexibility index (Phi) is 4.64. The van der Waals surface area contributed by atoms with Crippen LogP contribution in [0, 0.1) is 0 Å². The maximum absolute atomic E-state index is 13.2. The van der Waals surface area contributed by atoms with Crippen molar-refractivity contribution in [2.75, 3.05) is 0 Å². The molecule has 144 valence electrons. The minimum Gasteiger partial charge on any atom is -0.461 e. The van der Waals surface area contributed by atoms with Gasteiger partial charge in [-0.1, -0.05) is 70.0 Å². The molecule has 6 heteroatoms. The number of ketones is 1. The van der Waals surface area contributed by atoms with Gasteiger partial charge in [-0.15, -0.1) is 0 Å². The van der Waals surface area contributed by atoms with Crippen LogP contribution in [0.3, 0.4) is 0 Å². The van der Waals surface area contributed by atoms with Crippen LogP contribution in [0.4, 0.5) is 0 Å². The van der Waals surface area contributed by atoms with E-state index in [0.29, 0.717) is 17.0 Å². The quantitative estimate of drug-likeness (QED) is 0.453. The molecule has 0 radical (unpaired) electrons. The maximum Gasteiger partial charge on any atom is 0.251 e. The molecule has 2 aliphatic rings. The first-order valence-electron chi connectivity index (χ1n) is 9.27. The molecule has 0 aromatic heterocycles. The SMILES string of the molecule is O=C(c1ccccc1)C1Oc2ccc(Br)cc2C2CC(c3ccc(Cl)cc3)=NN12. The minimum atomic E-state index is -0.805. The number of hydrogen-bond acceptors (Lipinski definition) is 4. The summed E-state index contributed by atoms with van der Waals surface area (Å²) >= 11 is 9.58. The van der Waals surface area contributed by atoms with Gasteiger partial charge in [0.1, 0.15) is 5.75 Å². The highest BCUT2D eigenvalue weighted by Gasteiger charge is 2.43. The molecule has 0 amide bonds. The molecule has 3 aromatic rings. The lowest BCUT2D eigenvalue weighted by Gasteiger charge is -2.37. The van der Waals surface area contributed by atoms with Gasteiger partial charge in [0.25, 0.3) is 6.23 Å². The number of carbonyl (C=O) groups excluding carboxylic acids is 1. The number of carbonyl (C=O) groups is 1. The third kappa shape index (κ3) is 3.34. The molecule has 0 saturated heterocycles. The summed E-state index contributed by atoms with van der Waals surface area (Å²) in [6, 6.07) is 22.6. The lowest BCUT2D eigenvalue weighted by molar-refractivity contribution is -0.00459. The normalized spacial score (nSPS) is 19.8. The van der Waals surface area contributed by atoms with Gasteiger partial charge in [-0.25, -0.2) is 5.01 Å². The predicted octanol–water partition coefficient (Wildman–Crippen LogP) is 5.86. The van der Waals surface area contributed by atoms with E-state index in [1.54, 1.807) is 17.1 Å². The number of ether oxygens (including phenoxy) is 1. The zero-order valence-corrected chi connectivity index (χ0v) is 17.6. The first-order valence-corrected chi connectivity index (χ1v) is 10.4. The Labute approximate surface area is 181 Å². The van der Waals surface area contributed by atoms with E-state index < -0.39 is 6.23 Å². The van der Waals surface area contributed by atoms with Crippen LogP contribution >= 0.6 is 27.5 Å². The van der Waals surface area contributed by atoms with E-state index in [9.17, 15) is 4.79 Å². The van der Waals surface area contributed by atoms with E-state index in [4.69, 9.17) is 21.4 Å². The van der Waals surface area contributed by atoms with Crippen molar-refractivity contribution < 1.29 is 9.53 Å². The van der Waals surface area contributed by atoms with Gasteiger partial charge in [0, 0.05) is 27.0 Å². The third-order valence-corrected chi connectivity index (χ3v) is 5.96. The number of hydrogen-bond donors (Lipinski definition) is 0. The Morgan fingerprint density at radius 3 is 2.59 bits per heavy atom. The highest BCUT2D eigenvalue weighted by Crippen LogP contribution is 2.44. The molecular weight excluding hydrogens is 452 g/mol. The van der Waals surface area contributed by atoms with Gasteiger partial charge >= 0.3 is 0 Å². The van der Waals surface area contributed by atoms with Gasteiger partial charge in [0.2, 0.25) is 5.78 Å². The van der Waals surface area contributed by atoms with Crippen molar-refractivity contribution in [3.05, 3.63) is 99.0 Å². The topological polar surface area (TPSA) is 41.9 Å². The molecule has 29 heavy (non-hydrogen) atoms. The van der Waals surface area contributed by atoms with Crippen LogP contribution in [-0.2, 0) is 0 Å². The number of halogens is 2. The zero-order chi connectivity index (χ0) is 20.0. The molecule has 0 bridgehead atoms. The van der Waals surface area contributed by atoms with Gasteiger partial charge < -0.3 is 4.74 Å². The number of rotatable bonds is 3. The summed E-state index contributed by atoms with van der Waals surface area (Å²) in [5.41, 5.74) is 3.52. The number of hydrazone groups is 1. The van der Waals surface area contributed by atoms with Crippen molar-refractivity contribution in [1.82, 2.24) is 5.01 Å². The number of nitrogens with zero attached hydrogens (tertiary/aromatic N) is 2. The number of benzene rings is 3. The second-order valence-electron chi connectivity index (χ2n) is 7.04. The Bertz CT molecular complexity index is 1120. The second-order valence-corrected chi connectivity index (χ2v) is 8.39. The number of fused-ring (bicyclic) bond motifs is 3. The molecule has 0 fully saturated rings. The second kappa shape index (κ2) is 7.32. The van der Waals surface area contributed by atoms with E-state index in [1.165, 1.54) is 0 Å². The zero-order valence-electron chi connectivity index (χ0n) is 15.3. The highest BCUT2D eigenvalue weighted by atomic mass is 79.9. The van der Waals surface area contributed by atoms with Gasteiger partial charge in [0.15, 0.2) is 0 Å². The molecule has 2 atom stereocenters. The van der Waals surface area contributed by atoms with E-state index in [-0.39, 0.29) is 11.8 Å². The molecule has 2 aliphatic heterocycles. The molecular formula is C23H16BrClN2O2. The largest absolute Gasteiger partial charge is 0.461 e. The Morgan fingerprint density at radius 1 is 1.07 bits per heavy atom. The van der Waals surface area contributed by atoms with Crippen molar-refractivity contribution in [1.29, 1.82) is 0 Å². The van der Waals surface area contributed by atoms with Gasteiger partial charge in [-0.05, 0) is 35.9 Å². The van der Waals surface area contributed by atoms with Crippen LogP contribution < -0.4 is 4.74 Å². The summed E-state index contributed by atoms with van der Waals surface area (Å²) in [6.45, 7) is 0. The van der Waals surface area contributed by atoms with Gasteiger partial charge in [-0.3, -0.25) is 4.79 Å². The molecule has 0 spiro atoms. The summed E-state index contributed by atoms with van der Waals surface area (Å²) in [6.07, 6.45) is -0.117. The molecule has 4 nitrogen and oxygen atoms in total. The maximum atomic E-state index is 13.2. The summed E-state index contributed by atoms with van der Waals surface area (Å²) in [4.78, 5) is 13.2. The van der Waals surface area contributed by atoms with Crippen LogP contribution in [0.1, 0.15) is 33.9 Å². The van der Waals surface area contributed by atoms with Crippen molar-refractivity contribution in [2.45, 2.75) is 18.7 Å². The monoisotopic (exact) mass is 466 g/mol. The lowest BCUT2D eigenvalue weighted by Crippen LogP contribution is -2.45. The third-order valence-electron chi connectivity index (χ3n) is 5.21. The van der Waals surface area contributed by atoms with Gasteiger partial charge in [0.05, 0.1) is 11.8 Å². The van der Waals surface area contributed by atoms with Crippen LogP contribution in [0.15, 0.2) is 82.4 Å². The molecule has 2 heterocycles. The lowest BCUT2D eigenvalue weighted by atomic mass is 9.96. The average Bonchev–Trinajstić information content (AvgIpc) is 3.20. The molecule has 2 unspecified atom stereocenters. The van der Waals surface area contributed by atoms with Crippen LogP contribution in [0.2, 0.25) is 5.02 Å². The average molecular weight is 468 g/mol. The van der Waals surface area contributed by atoms with Crippen LogP contribution in [0.5, 0.6) is 5.75 Å². The standard InChI is InChI=1S/C23H16BrClN2O2/c24-16-8-11-21-18(12-16)20-13-19(14-6-9-17(25)10-7-14)26-27(20)23(29-21)22(28)15-4-2-1-3-5-15/h1-12,20,23H,13H2. The Morgan fingerprint density at radius 2 is 1.83 bits per heavy atom. The highest BCUT2D eigenvalue weighted by molar-refractivity contribution is 9.10. The summed E-state index contributed by atoms with van der Waals surface area (Å²) in [5.74, 6) is 0.613. The molecule has 5 rings (SSSR count). The molecule has 3 aromatic carbocycles. The first-order chi connectivity index (χ1) is 14.1. The van der Waals surface area contributed by atoms with Crippen LogP contribution in [-0.4, -0.2) is 22.7 Å². The number of Topliss-reactive ketones (excluding diaryl/α,β-unsaturated/α-hetero) is 1. The summed E-state index contributed by atoms with van der Waals surface area (Å²) in [5, 5.41) is 7.29. The molecule has 0 N–H and O–H groups in total. The van der Waals surface area contributed by atoms with Crippen molar-refractivity contribution in [2.24, 2.45) is 5.10 Å². The van der Waals surface area contributed by atoms with Crippen molar-refractivity contribution in [3.8, 4) is 5.75 Å². The van der Waals surface area contributed by atoms with E-state index in [2.05, 4.69) is 15.9 Å². The first kappa shape index (κ1) is 18.4. The van der Waals surface area contributed by atoms with Gasteiger partial charge in [-0.2, -0.15) is 5.10 Å². The van der Waals surface area contributed by atoms with E-state index in [1.807, 2.05) is 60.7 Å². The summed E-state index contributed by atoms with van der Waals surface area (Å²) < 4.78 is 7.11. The molecule has 0 saturated carbocycles. The molecule has 0 aliphatic carbocycles. The predicted molar refractivity (Wildman–Crippen MR) is 117 cm³/mol. The smallest absolute Gasteiger partial charge is 0.251 e. The van der Waals surface area contributed by atoms with E-state index >= 15 is 0 Å². The van der Waals surface area contributed by atoms with Crippen molar-refractivity contribution >= 4 is 39.0 Å². The fourth-order valence-electron chi connectivity index (χ4n) is 3.79. The summed E-state index contributed by atoms with van der Waals surface area (Å²) in [7, 11) is 0.